The van der Waals surface area contributed by atoms with E-state index in [2.05, 4.69) is 99.5 Å². The Bertz CT molecular complexity index is 3110. The molecule has 0 bridgehead atoms. The van der Waals surface area contributed by atoms with Crippen molar-refractivity contribution < 1.29 is 36.9 Å². The molecular weight excluding hydrogens is 1080 g/mol. The average molecular weight is 1150 g/mol. The predicted octanol–water partition coefficient (Wildman–Crippen LogP) is 13.8. The highest BCUT2D eigenvalue weighted by Gasteiger charge is 2.49. The normalized spacial score (nSPS) is 13.8. The zero-order valence-electron chi connectivity index (χ0n) is 45.6. The minimum atomic E-state index is -3.51. The van der Waals surface area contributed by atoms with Gasteiger partial charge in [0.2, 0.25) is 8.45 Å². The number of hydrogen-bond donors (Lipinski definition) is 2. The summed E-state index contributed by atoms with van der Waals surface area (Å²) in [6.07, 6.45) is 0.565. The Labute approximate surface area is 481 Å². The Morgan fingerprint density at radius 3 is 1.52 bits per heavy atom. The molecule has 0 saturated carbocycles. The first-order valence-corrected chi connectivity index (χ1v) is 29.9. The standard InChI is InChI=1S/C27H28FN2O3P.C24H27N4OPS.C13H13FO2/c1-3-33-27(31)26(20-22-14-16-23(28)17-15-22)21(2)34(32)29(24-10-6-4-7-11-24)18-19-30(34)25-12-8-5-9-13-25;31-24(26-20-21-10-4-1-5-11-21)25-16-19-29-30-27(22-12-6-2-7-13-22)17-18-28(30)23-14-8-3-9-15-23;1-3-11(13(15)16-4-2)9-10-5-7-12(14)8-6-10/h4-17,26H,2-3,18-20H2,1H3;1-15H,16-20H2,(H2,25,26,31);5-8H,1,4,9H2,2H3. The Morgan fingerprint density at radius 2 is 1.06 bits per heavy atom. The summed E-state index contributed by atoms with van der Waals surface area (Å²) >= 11 is 5.41. The van der Waals surface area contributed by atoms with E-state index >= 15 is 4.57 Å². The maximum absolute atomic E-state index is 15.1. The molecule has 420 valence electrons. The first kappa shape index (κ1) is 60.7. The van der Waals surface area contributed by atoms with E-state index in [1.54, 1.807) is 38.1 Å². The van der Waals surface area contributed by atoms with Crippen LogP contribution in [0.3, 0.4) is 0 Å². The molecule has 17 heteroatoms. The minimum Gasteiger partial charge on any atom is -0.466 e. The van der Waals surface area contributed by atoms with Gasteiger partial charge in [0.15, 0.2) is 5.11 Å². The molecule has 0 amide bonds. The topological polar surface area (TPSA) is 116 Å². The average Bonchev–Trinajstić information content (AvgIpc) is 4.34. The molecule has 2 aliphatic rings. The fraction of sp³-hybridized carbons (Fsp3) is 0.219. The van der Waals surface area contributed by atoms with Crippen LogP contribution in [0.25, 0.3) is 0 Å². The van der Waals surface area contributed by atoms with Crippen molar-refractivity contribution in [3.8, 4) is 0 Å². The van der Waals surface area contributed by atoms with Gasteiger partial charge in [0.05, 0.1) is 31.3 Å². The third-order valence-electron chi connectivity index (χ3n) is 13.0. The second-order valence-corrected chi connectivity index (χ2v) is 23.1. The molecule has 1 atom stereocenters. The molecule has 7 aromatic rings. The third-order valence-corrected chi connectivity index (χ3v) is 18.6. The summed E-state index contributed by atoms with van der Waals surface area (Å²) < 4.78 is 66.3. The number of rotatable bonds is 20. The first-order valence-electron chi connectivity index (χ1n) is 26.7. The van der Waals surface area contributed by atoms with Gasteiger partial charge in [-0.05, 0) is 122 Å². The maximum Gasteiger partial charge on any atom is 0.342 e. The summed E-state index contributed by atoms with van der Waals surface area (Å²) in [5.41, 5.74) is 9.66. The molecule has 1 unspecified atom stereocenters. The number of hydrogen-bond acceptors (Lipinski definition) is 9. The van der Waals surface area contributed by atoms with Crippen molar-refractivity contribution in [1.29, 1.82) is 0 Å². The van der Waals surface area contributed by atoms with Crippen molar-refractivity contribution in [3.63, 3.8) is 0 Å². The number of benzene rings is 7. The molecule has 2 fully saturated rings. The van der Waals surface area contributed by atoms with Crippen LogP contribution >= 0.6 is 28.1 Å². The zero-order valence-corrected chi connectivity index (χ0v) is 48.2. The lowest BCUT2D eigenvalue weighted by Crippen LogP contribution is -2.36. The largest absolute Gasteiger partial charge is 0.466 e. The van der Waals surface area contributed by atoms with Gasteiger partial charge < -0.3 is 43.3 Å². The highest BCUT2D eigenvalue weighted by molar-refractivity contribution is 7.80. The molecule has 0 spiro atoms. The number of nitrogens with one attached hydrogen (secondary N) is 2. The van der Waals surface area contributed by atoms with Gasteiger partial charge in [-0.2, -0.15) is 0 Å². The molecule has 2 aliphatic heterocycles. The van der Waals surface area contributed by atoms with Gasteiger partial charge in [-0.1, -0.05) is 141 Å². The Morgan fingerprint density at radius 1 is 0.617 bits per heavy atom. The van der Waals surface area contributed by atoms with Crippen LogP contribution in [-0.2, 0) is 47.5 Å². The molecule has 0 aromatic heterocycles. The van der Waals surface area contributed by atoms with Crippen molar-refractivity contribution in [2.45, 2.75) is 33.2 Å². The van der Waals surface area contributed by atoms with Crippen molar-refractivity contribution in [2.75, 3.05) is 71.2 Å². The SMILES string of the molecule is C=C(C(Cc1ccc(F)cc1)C(=O)OCC)P1(=O)N(c2ccccc2)CCN1c1ccccc1.C=C=C(Cc1ccc(F)cc1)C(=O)OCC.S=C(NCCOP1N(c2ccccc2)CCN1c1ccccc1)NCc1ccccc1. The number of anilines is 4. The lowest BCUT2D eigenvalue weighted by atomic mass is 9.99. The Hall–Kier alpha value is -7.89. The fourth-order valence-electron chi connectivity index (χ4n) is 8.96. The number of para-hydroxylation sites is 4. The van der Waals surface area contributed by atoms with Gasteiger partial charge >= 0.3 is 11.9 Å². The van der Waals surface area contributed by atoms with Crippen molar-refractivity contribution >= 4 is 67.9 Å². The molecule has 81 heavy (non-hydrogen) atoms. The molecular formula is C64H68F2N6O6P2S. The number of esters is 2. The van der Waals surface area contributed by atoms with E-state index in [1.165, 1.54) is 41.2 Å². The minimum absolute atomic E-state index is 0.196. The van der Waals surface area contributed by atoms with Crippen molar-refractivity contribution in [2.24, 2.45) is 5.92 Å². The lowest BCUT2D eigenvalue weighted by molar-refractivity contribution is -0.146. The fourth-order valence-corrected chi connectivity index (χ4v) is 14.2. The van der Waals surface area contributed by atoms with E-state index in [0.717, 1.165) is 35.6 Å². The summed E-state index contributed by atoms with van der Waals surface area (Å²) in [6, 6.07) is 62.2. The smallest absolute Gasteiger partial charge is 0.342 e. The Balaban J connectivity index is 0.000000186. The van der Waals surface area contributed by atoms with Gasteiger partial charge in [0.25, 0.3) is 7.44 Å². The Kier molecular flexibility index (Phi) is 23.4. The summed E-state index contributed by atoms with van der Waals surface area (Å²) in [5.74, 6) is -2.43. The van der Waals surface area contributed by atoms with Gasteiger partial charge in [0, 0.05) is 73.8 Å². The van der Waals surface area contributed by atoms with E-state index in [1.807, 2.05) is 100 Å². The molecule has 0 radical (unpaired) electrons. The van der Waals surface area contributed by atoms with E-state index < -0.39 is 33.7 Å². The third kappa shape index (κ3) is 17.1. The van der Waals surface area contributed by atoms with Crippen LogP contribution in [0, 0.1) is 17.6 Å². The van der Waals surface area contributed by atoms with Gasteiger partial charge in [0.1, 0.15) is 11.6 Å². The zero-order chi connectivity index (χ0) is 57.4. The monoisotopic (exact) mass is 1150 g/mol. The van der Waals surface area contributed by atoms with Crippen LogP contribution in [-0.4, -0.2) is 69.6 Å². The number of ether oxygens (including phenoxy) is 2. The van der Waals surface area contributed by atoms with Crippen LogP contribution in [0.2, 0.25) is 0 Å². The number of nitrogens with zero attached hydrogens (tertiary/aromatic N) is 4. The highest BCUT2D eigenvalue weighted by atomic mass is 32.1. The summed E-state index contributed by atoms with van der Waals surface area (Å²) in [7, 11) is -4.44. The molecule has 2 N–H and O–H groups in total. The molecule has 2 heterocycles. The van der Waals surface area contributed by atoms with Gasteiger partial charge in [-0.3, -0.25) is 9.36 Å². The van der Waals surface area contributed by atoms with E-state index in [4.69, 9.17) is 26.2 Å². The second-order valence-electron chi connectivity index (χ2n) is 18.4. The number of carbonyl (C=O) groups is 2. The van der Waals surface area contributed by atoms with Crippen LogP contribution in [0.5, 0.6) is 0 Å². The lowest BCUT2D eigenvalue weighted by Gasteiger charge is -2.36. The number of carbonyl (C=O) groups excluding carboxylic acids is 2. The van der Waals surface area contributed by atoms with Crippen LogP contribution in [0.1, 0.15) is 30.5 Å². The van der Waals surface area contributed by atoms with Crippen LogP contribution in [0.4, 0.5) is 31.5 Å². The van der Waals surface area contributed by atoms with E-state index in [9.17, 15) is 18.4 Å². The summed E-state index contributed by atoms with van der Waals surface area (Å²) in [5, 5.41) is 7.45. The van der Waals surface area contributed by atoms with E-state index in [-0.39, 0.29) is 24.7 Å². The molecule has 0 aliphatic carbocycles. The molecule has 12 nitrogen and oxygen atoms in total. The van der Waals surface area contributed by atoms with Crippen LogP contribution < -0.4 is 29.3 Å². The van der Waals surface area contributed by atoms with Crippen molar-refractivity contribution in [1.82, 2.24) is 10.6 Å². The highest BCUT2D eigenvalue weighted by Crippen LogP contribution is 2.67. The van der Waals surface area contributed by atoms with Gasteiger partial charge in [-0.25, -0.2) is 13.6 Å². The second kappa shape index (κ2) is 31.2. The molecule has 7 aromatic carbocycles. The van der Waals surface area contributed by atoms with Crippen LogP contribution in [0.15, 0.2) is 230 Å². The molecule has 9 rings (SSSR count). The van der Waals surface area contributed by atoms with Gasteiger partial charge in [-0.15, -0.1) is 5.73 Å². The maximum atomic E-state index is 15.1. The molecule has 2 saturated heterocycles. The predicted molar refractivity (Wildman–Crippen MR) is 328 cm³/mol. The van der Waals surface area contributed by atoms with E-state index in [0.29, 0.717) is 61.8 Å². The van der Waals surface area contributed by atoms with Crippen molar-refractivity contribution in [3.05, 3.63) is 258 Å². The summed E-state index contributed by atoms with van der Waals surface area (Å²) in [6.45, 7) is 16.5. The number of halogens is 2. The first-order chi connectivity index (χ1) is 39.4. The quantitative estimate of drug-likeness (QED) is 0.0189. The summed E-state index contributed by atoms with van der Waals surface area (Å²) in [4.78, 5) is 24.5. The number of thiocarbonyl (C=S) groups is 1.